The van der Waals surface area contributed by atoms with E-state index < -0.39 is 17.6 Å². The van der Waals surface area contributed by atoms with Gasteiger partial charge in [0.15, 0.2) is 5.69 Å². The SMILES string of the molecule is COC(=O)c1ncc(-c2cc(F)cc(F)c2)cc1N. The Labute approximate surface area is 107 Å². The molecule has 0 aliphatic rings. The monoisotopic (exact) mass is 264 g/mol. The Morgan fingerprint density at radius 3 is 2.32 bits per heavy atom. The quantitative estimate of drug-likeness (QED) is 0.846. The van der Waals surface area contributed by atoms with Gasteiger partial charge in [-0.25, -0.2) is 18.6 Å². The Balaban J connectivity index is 2.47. The lowest BCUT2D eigenvalue weighted by Crippen LogP contribution is -2.08. The summed E-state index contributed by atoms with van der Waals surface area (Å²) in [5.74, 6) is -2.08. The maximum Gasteiger partial charge on any atom is 0.358 e. The van der Waals surface area contributed by atoms with Gasteiger partial charge in [0, 0.05) is 17.8 Å². The van der Waals surface area contributed by atoms with Crippen molar-refractivity contribution in [1.29, 1.82) is 0 Å². The van der Waals surface area contributed by atoms with Gasteiger partial charge >= 0.3 is 5.97 Å². The number of carbonyl (C=O) groups is 1. The molecule has 1 aromatic carbocycles. The molecule has 0 aliphatic carbocycles. The van der Waals surface area contributed by atoms with Crippen LogP contribution < -0.4 is 5.73 Å². The minimum atomic E-state index is -0.703. The second-order valence-corrected chi connectivity index (χ2v) is 3.81. The predicted octanol–water partition coefficient (Wildman–Crippen LogP) is 2.40. The number of anilines is 1. The van der Waals surface area contributed by atoms with Crippen molar-refractivity contribution in [2.45, 2.75) is 0 Å². The van der Waals surface area contributed by atoms with Crippen LogP contribution in [0.3, 0.4) is 0 Å². The number of nitrogens with two attached hydrogens (primary N) is 1. The molecule has 19 heavy (non-hydrogen) atoms. The average molecular weight is 264 g/mol. The number of esters is 1. The molecule has 1 aromatic heterocycles. The first-order chi connectivity index (χ1) is 9.01. The summed E-state index contributed by atoms with van der Waals surface area (Å²) in [6, 6.07) is 4.48. The number of nitrogens with zero attached hydrogens (tertiary/aromatic N) is 1. The van der Waals surface area contributed by atoms with Crippen LogP contribution >= 0.6 is 0 Å². The zero-order valence-corrected chi connectivity index (χ0v) is 9.98. The second-order valence-electron chi connectivity index (χ2n) is 3.81. The molecule has 2 rings (SSSR count). The largest absolute Gasteiger partial charge is 0.464 e. The van der Waals surface area contributed by atoms with Gasteiger partial charge in [0.05, 0.1) is 12.8 Å². The van der Waals surface area contributed by atoms with Crippen molar-refractivity contribution in [3.8, 4) is 11.1 Å². The Kier molecular flexibility index (Phi) is 3.41. The zero-order chi connectivity index (χ0) is 14.0. The molecule has 2 N–H and O–H groups in total. The molecule has 0 aliphatic heterocycles. The van der Waals surface area contributed by atoms with Crippen LogP contribution in [0.2, 0.25) is 0 Å². The number of halogens is 2. The van der Waals surface area contributed by atoms with E-state index in [1.165, 1.54) is 19.4 Å². The summed E-state index contributed by atoms with van der Waals surface area (Å²) in [5.41, 5.74) is 6.39. The van der Waals surface area contributed by atoms with Gasteiger partial charge in [-0.15, -0.1) is 0 Å². The van der Waals surface area contributed by atoms with Crippen molar-refractivity contribution in [2.24, 2.45) is 0 Å². The van der Waals surface area contributed by atoms with Gasteiger partial charge in [-0.05, 0) is 23.8 Å². The predicted molar refractivity (Wildman–Crippen MR) is 65.3 cm³/mol. The van der Waals surface area contributed by atoms with E-state index in [0.29, 0.717) is 5.56 Å². The normalized spacial score (nSPS) is 10.3. The molecule has 0 fully saturated rings. The van der Waals surface area contributed by atoms with Crippen LogP contribution in [0.5, 0.6) is 0 Å². The van der Waals surface area contributed by atoms with Crippen molar-refractivity contribution in [2.75, 3.05) is 12.8 Å². The van der Waals surface area contributed by atoms with Gasteiger partial charge in [0.2, 0.25) is 0 Å². The van der Waals surface area contributed by atoms with Gasteiger partial charge in [-0.2, -0.15) is 0 Å². The number of pyridine rings is 1. The lowest BCUT2D eigenvalue weighted by molar-refractivity contribution is 0.0595. The summed E-state index contributed by atoms with van der Waals surface area (Å²) in [5, 5.41) is 0. The summed E-state index contributed by atoms with van der Waals surface area (Å²) in [6.07, 6.45) is 1.30. The molecule has 2 aromatic rings. The smallest absolute Gasteiger partial charge is 0.358 e. The van der Waals surface area contributed by atoms with Gasteiger partial charge in [-0.3, -0.25) is 0 Å². The number of nitrogen functional groups attached to an aromatic ring is 1. The highest BCUT2D eigenvalue weighted by molar-refractivity contribution is 5.93. The Morgan fingerprint density at radius 1 is 1.16 bits per heavy atom. The van der Waals surface area contributed by atoms with Gasteiger partial charge in [0.25, 0.3) is 0 Å². The van der Waals surface area contributed by atoms with Crippen molar-refractivity contribution in [3.63, 3.8) is 0 Å². The maximum atomic E-state index is 13.1. The number of aromatic nitrogens is 1. The molecule has 0 amide bonds. The molecule has 0 radical (unpaired) electrons. The first kappa shape index (κ1) is 12.9. The van der Waals surface area contributed by atoms with E-state index in [4.69, 9.17) is 5.73 Å². The Bertz CT molecular complexity index is 624. The van der Waals surface area contributed by atoms with E-state index >= 15 is 0 Å². The Morgan fingerprint density at radius 2 is 1.79 bits per heavy atom. The fraction of sp³-hybridized carbons (Fsp3) is 0.0769. The van der Waals surface area contributed by atoms with Crippen molar-refractivity contribution >= 4 is 11.7 Å². The van der Waals surface area contributed by atoms with E-state index in [-0.39, 0.29) is 16.9 Å². The molecule has 98 valence electrons. The third-order valence-electron chi connectivity index (χ3n) is 2.49. The lowest BCUT2D eigenvalue weighted by atomic mass is 10.1. The molecule has 4 nitrogen and oxygen atoms in total. The van der Waals surface area contributed by atoms with Crippen molar-refractivity contribution in [3.05, 3.63) is 47.8 Å². The molecule has 0 saturated heterocycles. The van der Waals surface area contributed by atoms with Gasteiger partial charge < -0.3 is 10.5 Å². The summed E-state index contributed by atoms with van der Waals surface area (Å²) in [6.45, 7) is 0. The molecule has 0 atom stereocenters. The summed E-state index contributed by atoms with van der Waals surface area (Å²) in [4.78, 5) is 15.1. The number of methoxy groups -OCH3 is 1. The molecule has 0 saturated carbocycles. The summed E-state index contributed by atoms with van der Waals surface area (Å²) in [7, 11) is 1.21. The molecule has 6 heteroatoms. The standard InChI is InChI=1S/C13H10F2N2O2/c1-19-13(18)12-11(16)4-8(6-17-12)7-2-9(14)5-10(15)3-7/h2-6H,16H2,1H3. The van der Waals surface area contributed by atoms with Crippen molar-refractivity contribution in [1.82, 2.24) is 4.98 Å². The van der Waals surface area contributed by atoms with E-state index in [1.807, 2.05) is 0 Å². The fourth-order valence-corrected chi connectivity index (χ4v) is 1.63. The van der Waals surface area contributed by atoms with Crippen LogP contribution in [0, 0.1) is 11.6 Å². The second kappa shape index (κ2) is 5.01. The number of ether oxygens (including phenoxy) is 1. The van der Waals surface area contributed by atoms with Crippen LogP contribution in [0.15, 0.2) is 30.5 Å². The number of benzene rings is 1. The topological polar surface area (TPSA) is 65.2 Å². The van der Waals surface area contributed by atoms with E-state index in [9.17, 15) is 13.6 Å². The molecular weight excluding hydrogens is 254 g/mol. The molecule has 0 unspecified atom stereocenters. The number of carbonyl (C=O) groups excluding carboxylic acids is 1. The third-order valence-corrected chi connectivity index (χ3v) is 2.49. The zero-order valence-electron chi connectivity index (χ0n) is 9.98. The molecule has 0 spiro atoms. The molecular formula is C13H10F2N2O2. The van der Waals surface area contributed by atoms with E-state index in [2.05, 4.69) is 9.72 Å². The summed E-state index contributed by atoms with van der Waals surface area (Å²) >= 11 is 0. The summed E-state index contributed by atoms with van der Waals surface area (Å²) < 4.78 is 30.7. The first-order valence-corrected chi connectivity index (χ1v) is 5.31. The average Bonchev–Trinajstić information content (AvgIpc) is 2.36. The van der Waals surface area contributed by atoms with Crippen molar-refractivity contribution < 1.29 is 18.3 Å². The van der Waals surface area contributed by atoms with Crippen LogP contribution in [0.1, 0.15) is 10.5 Å². The minimum absolute atomic E-state index is 0.0388. The first-order valence-electron chi connectivity index (χ1n) is 5.31. The van der Waals surface area contributed by atoms with Crippen LogP contribution in [0.25, 0.3) is 11.1 Å². The number of hydrogen-bond acceptors (Lipinski definition) is 4. The van der Waals surface area contributed by atoms with E-state index in [1.54, 1.807) is 0 Å². The van der Waals surface area contributed by atoms with Gasteiger partial charge in [0.1, 0.15) is 11.6 Å². The minimum Gasteiger partial charge on any atom is -0.464 e. The van der Waals surface area contributed by atoms with Crippen LogP contribution in [-0.2, 0) is 4.74 Å². The maximum absolute atomic E-state index is 13.1. The van der Waals surface area contributed by atoms with Gasteiger partial charge in [-0.1, -0.05) is 0 Å². The highest BCUT2D eigenvalue weighted by Gasteiger charge is 2.13. The van der Waals surface area contributed by atoms with Crippen LogP contribution in [-0.4, -0.2) is 18.1 Å². The number of hydrogen-bond donors (Lipinski definition) is 1. The highest BCUT2D eigenvalue weighted by atomic mass is 19.1. The fourth-order valence-electron chi connectivity index (χ4n) is 1.63. The lowest BCUT2D eigenvalue weighted by Gasteiger charge is -2.06. The number of rotatable bonds is 2. The third kappa shape index (κ3) is 2.67. The molecule has 0 bridgehead atoms. The molecule has 1 heterocycles. The highest BCUT2D eigenvalue weighted by Crippen LogP contribution is 2.24. The Hall–Kier alpha value is -2.50. The van der Waals surface area contributed by atoms with E-state index in [0.717, 1.165) is 18.2 Å². The van der Waals surface area contributed by atoms with Crippen LogP contribution in [0.4, 0.5) is 14.5 Å².